The Morgan fingerprint density at radius 2 is 2.12 bits per heavy atom. The molecule has 0 aromatic rings. The van der Waals surface area contributed by atoms with Crippen molar-refractivity contribution in [1.29, 1.82) is 0 Å². The highest BCUT2D eigenvalue weighted by atomic mass is 32.2. The lowest BCUT2D eigenvalue weighted by molar-refractivity contribution is 0.00214. The summed E-state index contributed by atoms with van der Waals surface area (Å²) in [6.45, 7) is 7.42. The van der Waals surface area contributed by atoms with Crippen LogP contribution < -0.4 is 0 Å². The van der Waals surface area contributed by atoms with Crippen molar-refractivity contribution < 1.29 is 14.6 Å². The molecule has 0 aromatic heterocycles. The molecule has 1 amide bonds. The lowest BCUT2D eigenvalue weighted by atomic mass is 10.0. The summed E-state index contributed by atoms with van der Waals surface area (Å²) in [5, 5.41) is 8.63. The highest BCUT2D eigenvalue weighted by molar-refractivity contribution is 7.99. The van der Waals surface area contributed by atoms with E-state index in [9.17, 15) is 4.79 Å². The van der Waals surface area contributed by atoms with Gasteiger partial charge in [-0.05, 0) is 26.5 Å². The Morgan fingerprint density at radius 3 is 2.62 bits per heavy atom. The van der Waals surface area contributed by atoms with Crippen molar-refractivity contribution in [2.75, 3.05) is 31.2 Å². The maximum atomic E-state index is 11.6. The maximum Gasteiger partial charge on any atom is 0.410 e. The van der Waals surface area contributed by atoms with E-state index < -0.39 is 5.60 Å². The van der Waals surface area contributed by atoms with Crippen molar-refractivity contribution in [3.8, 4) is 0 Å². The molecule has 1 rings (SSSR count). The number of rotatable bonds is 4. The van der Waals surface area contributed by atoms with E-state index in [-0.39, 0.29) is 12.7 Å². The van der Waals surface area contributed by atoms with Gasteiger partial charge in [-0.2, -0.15) is 11.8 Å². The third-order valence-corrected chi connectivity index (χ3v) is 3.38. The molecule has 0 radical (unpaired) electrons. The maximum absolute atomic E-state index is 11.6. The van der Waals surface area contributed by atoms with Crippen molar-refractivity contribution in [2.45, 2.75) is 26.4 Å². The average Bonchev–Trinajstić information content (AvgIpc) is 2.05. The van der Waals surface area contributed by atoms with Crippen LogP contribution in [-0.4, -0.2) is 52.9 Å². The van der Waals surface area contributed by atoms with Gasteiger partial charge >= 0.3 is 6.09 Å². The quantitative estimate of drug-likeness (QED) is 0.766. The van der Waals surface area contributed by atoms with E-state index in [1.165, 1.54) is 0 Å². The van der Waals surface area contributed by atoms with Gasteiger partial charge in [-0.1, -0.05) is 0 Å². The van der Waals surface area contributed by atoms with E-state index >= 15 is 0 Å². The topological polar surface area (TPSA) is 49.8 Å². The summed E-state index contributed by atoms with van der Waals surface area (Å²) in [6.07, 6.45) is -0.212. The van der Waals surface area contributed by atoms with Crippen LogP contribution in [0.1, 0.15) is 20.8 Å². The summed E-state index contributed by atoms with van der Waals surface area (Å²) < 4.78 is 5.26. The molecule has 1 fully saturated rings. The van der Waals surface area contributed by atoms with Gasteiger partial charge in [0.05, 0.1) is 6.61 Å². The first-order chi connectivity index (χ1) is 7.42. The Bertz CT molecular complexity index is 234. The van der Waals surface area contributed by atoms with Crippen molar-refractivity contribution in [3.63, 3.8) is 0 Å². The molecule has 0 aliphatic carbocycles. The molecule has 4 nitrogen and oxygen atoms in total. The van der Waals surface area contributed by atoms with Gasteiger partial charge in [0.15, 0.2) is 0 Å². The minimum atomic E-state index is -0.409. The number of aliphatic hydroxyl groups excluding tert-OH is 1. The van der Waals surface area contributed by atoms with Gasteiger partial charge < -0.3 is 14.7 Å². The van der Waals surface area contributed by atoms with Gasteiger partial charge in [0.1, 0.15) is 5.60 Å². The molecule has 0 atom stereocenters. The first kappa shape index (κ1) is 13.6. The largest absolute Gasteiger partial charge is 0.444 e. The van der Waals surface area contributed by atoms with E-state index in [2.05, 4.69) is 0 Å². The number of nitrogens with zero attached hydrogens (tertiary/aromatic N) is 1. The SMILES string of the molecule is CC(C)(C)OC(=O)N1CC(CSCCO)C1. The number of ether oxygens (including phenoxy) is 1. The van der Waals surface area contributed by atoms with Crippen molar-refractivity contribution in [1.82, 2.24) is 4.90 Å². The Labute approximate surface area is 101 Å². The number of carbonyl (C=O) groups excluding carboxylic acids is 1. The summed E-state index contributed by atoms with van der Waals surface area (Å²) in [5.74, 6) is 2.35. The molecular weight excluding hydrogens is 226 g/mol. The van der Waals surface area contributed by atoms with Crippen LogP contribution in [0.5, 0.6) is 0 Å². The van der Waals surface area contributed by atoms with Gasteiger partial charge in [-0.3, -0.25) is 0 Å². The van der Waals surface area contributed by atoms with Gasteiger partial charge in [0.2, 0.25) is 0 Å². The minimum Gasteiger partial charge on any atom is -0.444 e. The number of thioether (sulfide) groups is 1. The Morgan fingerprint density at radius 1 is 1.50 bits per heavy atom. The normalized spacial score (nSPS) is 17.1. The zero-order valence-corrected chi connectivity index (χ0v) is 11.0. The van der Waals surface area contributed by atoms with Crippen molar-refractivity contribution in [2.24, 2.45) is 5.92 Å². The summed E-state index contributed by atoms with van der Waals surface area (Å²) in [6, 6.07) is 0. The highest BCUT2D eigenvalue weighted by Gasteiger charge is 2.33. The fraction of sp³-hybridized carbons (Fsp3) is 0.909. The van der Waals surface area contributed by atoms with E-state index in [0.717, 1.165) is 24.6 Å². The molecule has 1 aliphatic heterocycles. The van der Waals surface area contributed by atoms with Gasteiger partial charge in [-0.25, -0.2) is 4.79 Å². The Balaban J connectivity index is 2.13. The lowest BCUT2D eigenvalue weighted by Crippen LogP contribution is -2.52. The van der Waals surface area contributed by atoms with Crippen LogP contribution in [0.3, 0.4) is 0 Å². The van der Waals surface area contributed by atoms with Crippen LogP contribution in [0.15, 0.2) is 0 Å². The molecule has 16 heavy (non-hydrogen) atoms. The van der Waals surface area contributed by atoms with Crippen LogP contribution >= 0.6 is 11.8 Å². The fourth-order valence-corrected chi connectivity index (χ4v) is 2.31. The number of aliphatic hydroxyl groups is 1. The first-order valence-electron chi connectivity index (χ1n) is 5.59. The first-order valence-corrected chi connectivity index (χ1v) is 6.74. The number of hydrogen-bond donors (Lipinski definition) is 1. The smallest absolute Gasteiger partial charge is 0.410 e. The zero-order valence-electron chi connectivity index (χ0n) is 10.2. The zero-order chi connectivity index (χ0) is 12.2. The molecule has 0 bridgehead atoms. The van der Waals surface area contributed by atoms with Gasteiger partial charge in [-0.15, -0.1) is 0 Å². The number of likely N-dealkylation sites (tertiary alicyclic amines) is 1. The van der Waals surface area contributed by atoms with Crippen molar-refractivity contribution >= 4 is 17.9 Å². The third kappa shape index (κ3) is 4.61. The lowest BCUT2D eigenvalue weighted by Gasteiger charge is -2.39. The standard InChI is InChI=1S/C11H21NO3S/c1-11(2,3)15-10(14)12-6-9(7-12)8-16-5-4-13/h9,13H,4-8H2,1-3H3. The molecule has 1 saturated heterocycles. The van der Waals surface area contributed by atoms with E-state index in [1.807, 2.05) is 20.8 Å². The molecule has 0 unspecified atom stereocenters. The van der Waals surface area contributed by atoms with Crippen LogP contribution in [0.2, 0.25) is 0 Å². The molecule has 0 saturated carbocycles. The third-order valence-electron chi connectivity index (χ3n) is 2.20. The monoisotopic (exact) mass is 247 g/mol. The Hall–Kier alpha value is -0.420. The molecule has 0 aromatic carbocycles. The van der Waals surface area contributed by atoms with Crippen molar-refractivity contribution in [3.05, 3.63) is 0 Å². The molecular formula is C11H21NO3S. The van der Waals surface area contributed by atoms with Crippen LogP contribution in [0.4, 0.5) is 4.79 Å². The van der Waals surface area contributed by atoms with Crippen LogP contribution in [0, 0.1) is 5.92 Å². The summed E-state index contributed by atoms with van der Waals surface area (Å²) >= 11 is 1.74. The average molecular weight is 247 g/mol. The van der Waals surface area contributed by atoms with E-state index in [4.69, 9.17) is 9.84 Å². The predicted octanol–water partition coefficient (Wildman–Crippen LogP) is 1.58. The highest BCUT2D eigenvalue weighted by Crippen LogP contribution is 2.22. The molecule has 0 spiro atoms. The second-order valence-electron chi connectivity index (χ2n) is 5.05. The number of carbonyl (C=O) groups is 1. The molecule has 1 N–H and O–H groups in total. The number of hydrogen-bond acceptors (Lipinski definition) is 4. The van der Waals surface area contributed by atoms with E-state index in [0.29, 0.717) is 5.92 Å². The molecule has 1 aliphatic rings. The van der Waals surface area contributed by atoms with Crippen LogP contribution in [-0.2, 0) is 4.74 Å². The van der Waals surface area contributed by atoms with Gasteiger partial charge in [0, 0.05) is 24.8 Å². The second-order valence-corrected chi connectivity index (χ2v) is 6.20. The summed E-state index contributed by atoms with van der Waals surface area (Å²) in [4.78, 5) is 13.3. The van der Waals surface area contributed by atoms with Crippen LogP contribution in [0.25, 0.3) is 0 Å². The molecule has 94 valence electrons. The predicted molar refractivity (Wildman–Crippen MR) is 65.7 cm³/mol. The van der Waals surface area contributed by atoms with E-state index in [1.54, 1.807) is 16.7 Å². The minimum absolute atomic E-state index is 0.212. The summed E-state index contributed by atoms with van der Waals surface area (Å²) in [7, 11) is 0. The van der Waals surface area contributed by atoms with Gasteiger partial charge in [0.25, 0.3) is 0 Å². The molecule has 1 heterocycles. The Kier molecular flexibility index (Phi) is 4.92. The summed E-state index contributed by atoms with van der Waals surface area (Å²) in [5.41, 5.74) is -0.409. The second kappa shape index (κ2) is 5.77. The fourth-order valence-electron chi connectivity index (χ4n) is 1.47. The molecule has 5 heteroatoms. The number of amides is 1.